The molecular weight excluding hydrogens is 262 g/mol. The second-order valence-electron chi connectivity index (χ2n) is 3.42. The third-order valence-electron chi connectivity index (χ3n) is 2.30. The number of hydrogen-bond acceptors (Lipinski definition) is 3. The van der Waals surface area contributed by atoms with Crippen LogP contribution in [-0.4, -0.2) is 5.26 Å². The van der Waals surface area contributed by atoms with Crippen LogP contribution >= 0.6 is 12.0 Å². The van der Waals surface area contributed by atoms with Gasteiger partial charge in [-0.05, 0) is 30.0 Å². The molecule has 0 heterocycles. The van der Waals surface area contributed by atoms with Crippen LogP contribution in [0.3, 0.4) is 0 Å². The molecule has 1 aromatic carbocycles. The largest absolute Gasteiger partial charge is 2.00 e. The van der Waals surface area contributed by atoms with Gasteiger partial charge in [0.2, 0.25) is 0 Å². The van der Waals surface area contributed by atoms with Crippen LogP contribution < -0.4 is 0 Å². The maximum Gasteiger partial charge on any atom is 2.00 e. The average Bonchev–Trinajstić information content (AvgIpc) is 2.20. The van der Waals surface area contributed by atoms with Crippen molar-refractivity contribution in [3.05, 3.63) is 29.8 Å². The first kappa shape index (κ1) is 15.1. The van der Waals surface area contributed by atoms with E-state index in [1.807, 2.05) is 12.1 Å². The third kappa shape index (κ3) is 5.12. The Kier molecular flexibility index (Phi) is 8.35. The molecule has 0 aromatic heterocycles. The van der Waals surface area contributed by atoms with Gasteiger partial charge in [0.05, 0.1) is 12.0 Å². The minimum absolute atomic E-state index is 0. The fraction of sp³-hybridized carbons (Fsp3) is 0.455. The standard InChI is InChI=1S/C11H16O2S.Zn/c1-3-4-9(2)10-5-7-11(8-6-10)14-13-12;/h5-9,12H,3-4H2,1-2H3;/q;+2. The summed E-state index contributed by atoms with van der Waals surface area (Å²) in [7, 11) is 0. The van der Waals surface area contributed by atoms with E-state index >= 15 is 0 Å². The van der Waals surface area contributed by atoms with Crippen molar-refractivity contribution < 1.29 is 29.1 Å². The van der Waals surface area contributed by atoms with Crippen molar-refractivity contribution in [2.75, 3.05) is 0 Å². The summed E-state index contributed by atoms with van der Waals surface area (Å²) in [4.78, 5) is 0.917. The maximum absolute atomic E-state index is 8.25. The minimum atomic E-state index is 0. The van der Waals surface area contributed by atoms with E-state index in [0.717, 1.165) is 16.9 Å². The van der Waals surface area contributed by atoms with E-state index in [1.165, 1.54) is 18.4 Å². The smallest absolute Gasteiger partial charge is 0.239 e. The van der Waals surface area contributed by atoms with E-state index in [0.29, 0.717) is 5.92 Å². The van der Waals surface area contributed by atoms with Crippen molar-refractivity contribution in [1.29, 1.82) is 0 Å². The van der Waals surface area contributed by atoms with Gasteiger partial charge in [-0.1, -0.05) is 32.4 Å². The Morgan fingerprint density at radius 3 is 2.40 bits per heavy atom. The summed E-state index contributed by atoms with van der Waals surface area (Å²) >= 11 is 0.965. The van der Waals surface area contributed by atoms with E-state index in [4.69, 9.17) is 5.26 Å². The van der Waals surface area contributed by atoms with Crippen LogP contribution in [0.25, 0.3) is 0 Å². The summed E-state index contributed by atoms with van der Waals surface area (Å²) in [6, 6.07) is 8.09. The first-order valence-corrected chi connectivity index (χ1v) is 5.60. The Morgan fingerprint density at radius 2 is 1.93 bits per heavy atom. The van der Waals surface area contributed by atoms with E-state index in [-0.39, 0.29) is 19.5 Å². The Morgan fingerprint density at radius 1 is 1.33 bits per heavy atom. The Labute approximate surface area is 108 Å². The van der Waals surface area contributed by atoms with Crippen molar-refractivity contribution in [3.63, 3.8) is 0 Å². The summed E-state index contributed by atoms with van der Waals surface area (Å²) in [5.74, 6) is 0.606. The number of rotatable bonds is 5. The molecular formula is C11H16O2SZn+2. The first-order valence-electron chi connectivity index (χ1n) is 4.86. The molecule has 15 heavy (non-hydrogen) atoms. The molecule has 0 bridgehead atoms. The molecule has 1 aromatic rings. The van der Waals surface area contributed by atoms with Gasteiger partial charge >= 0.3 is 19.5 Å². The van der Waals surface area contributed by atoms with E-state index < -0.39 is 0 Å². The minimum Gasteiger partial charge on any atom is -0.239 e. The van der Waals surface area contributed by atoms with E-state index in [2.05, 4.69) is 30.3 Å². The van der Waals surface area contributed by atoms with Crippen LogP contribution in [0.1, 0.15) is 38.2 Å². The molecule has 0 radical (unpaired) electrons. The molecule has 4 heteroatoms. The molecule has 1 N–H and O–H groups in total. The van der Waals surface area contributed by atoms with Crippen LogP contribution in [-0.2, 0) is 23.8 Å². The van der Waals surface area contributed by atoms with Crippen LogP contribution in [0.4, 0.5) is 0 Å². The van der Waals surface area contributed by atoms with Crippen molar-refractivity contribution in [1.82, 2.24) is 0 Å². The molecule has 0 saturated heterocycles. The molecule has 1 unspecified atom stereocenters. The van der Waals surface area contributed by atoms with Gasteiger partial charge in [-0.15, -0.1) is 0 Å². The predicted octanol–water partition coefficient (Wildman–Crippen LogP) is 4.08. The zero-order valence-corrected chi connectivity index (χ0v) is 13.1. The zero-order chi connectivity index (χ0) is 10.4. The molecule has 0 saturated carbocycles. The van der Waals surface area contributed by atoms with Crippen molar-refractivity contribution in [2.24, 2.45) is 0 Å². The first-order chi connectivity index (χ1) is 6.77. The average molecular weight is 278 g/mol. The van der Waals surface area contributed by atoms with E-state index in [1.54, 1.807) is 0 Å². The molecule has 1 rings (SSSR count). The van der Waals surface area contributed by atoms with Crippen LogP contribution in [0.5, 0.6) is 0 Å². The normalized spacial score (nSPS) is 11.9. The van der Waals surface area contributed by atoms with Crippen LogP contribution in [0.2, 0.25) is 0 Å². The third-order valence-corrected chi connectivity index (χ3v) is 2.84. The van der Waals surface area contributed by atoms with Gasteiger partial charge < -0.3 is 0 Å². The molecule has 78 valence electrons. The van der Waals surface area contributed by atoms with Crippen molar-refractivity contribution in [2.45, 2.75) is 37.5 Å². The monoisotopic (exact) mass is 276 g/mol. The summed E-state index contributed by atoms with van der Waals surface area (Å²) in [5.41, 5.74) is 1.34. The second kappa shape index (κ2) is 8.29. The topological polar surface area (TPSA) is 29.5 Å². The SMILES string of the molecule is CCCC(C)c1ccc(SOO)cc1.[Zn+2]. The van der Waals surface area contributed by atoms with Gasteiger partial charge in [0.15, 0.2) is 0 Å². The van der Waals surface area contributed by atoms with Gasteiger partial charge in [-0.25, -0.2) is 5.26 Å². The molecule has 0 aliphatic heterocycles. The summed E-state index contributed by atoms with van der Waals surface area (Å²) in [6.45, 7) is 4.43. The molecule has 0 fully saturated rings. The van der Waals surface area contributed by atoms with Gasteiger partial charge in [0.25, 0.3) is 0 Å². The quantitative estimate of drug-likeness (QED) is 0.380. The molecule has 0 aliphatic rings. The fourth-order valence-electron chi connectivity index (χ4n) is 1.49. The van der Waals surface area contributed by atoms with Crippen LogP contribution in [0.15, 0.2) is 29.2 Å². The summed E-state index contributed by atoms with van der Waals surface area (Å²) < 4.78 is 3.99. The zero-order valence-electron chi connectivity index (χ0n) is 9.27. The van der Waals surface area contributed by atoms with Gasteiger partial charge in [0.1, 0.15) is 0 Å². The predicted molar refractivity (Wildman–Crippen MR) is 59.3 cm³/mol. The second-order valence-corrected chi connectivity index (χ2v) is 4.20. The molecule has 0 aliphatic carbocycles. The Balaban J connectivity index is 0.00000196. The Bertz CT molecular complexity index is 264. The number of benzene rings is 1. The molecule has 1 atom stereocenters. The van der Waals surface area contributed by atoms with Gasteiger partial charge in [0, 0.05) is 4.90 Å². The van der Waals surface area contributed by atoms with E-state index in [9.17, 15) is 0 Å². The summed E-state index contributed by atoms with van der Waals surface area (Å²) in [6.07, 6.45) is 2.42. The van der Waals surface area contributed by atoms with Gasteiger partial charge in [-0.3, -0.25) is 0 Å². The van der Waals surface area contributed by atoms with Crippen molar-refractivity contribution >= 4 is 12.0 Å². The fourth-order valence-corrected chi connectivity index (χ4v) is 1.83. The molecule has 0 spiro atoms. The molecule has 0 amide bonds. The van der Waals surface area contributed by atoms with Crippen LogP contribution in [0, 0.1) is 0 Å². The summed E-state index contributed by atoms with van der Waals surface area (Å²) in [5, 5.41) is 8.25. The molecule has 2 nitrogen and oxygen atoms in total. The van der Waals surface area contributed by atoms with Gasteiger partial charge in [-0.2, -0.15) is 4.33 Å². The maximum atomic E-state index is 8.25. The Hall–Kier alpha value is 0.113. The number of hydrogen-bond donors (Lipinski definition) is 1. The van der Waals surface area contributed by atoms with Crippen molar-refractivity contribution in [3.8, 4) is 0 Å².